The fourth-order valence-corrected chi connectivity index (χ4v) is 0. The Labute approximate surface area is 171 Å². The SMILES string of the molecule is CC#N.CC(=O)O.CC(C)=O.CC(N)=O.CO.CS.CS(=O)(=O)O.C[N+](=O)[O-]. The van der Waals surface area contributed by atoms with Crippen molar-refractivity contribution in [2.75, 3.05) is 26.7 Å². The number of aliphatic carboxylic acids is 1. The standard InChI is InChI=1S/C3H6O.C2H5NO.C2H3N.C2H4O2.CH3NO2.CH4O3S.CH4O.CH4S/c1-3(2)4;1-2(3)4;1-2-3;2*1-2(3)4;1-5(2,3)4;2*1-2/h1-2H3;1H3,(H2,3,4);1H3;1H3,(H,3,4);1H3;1H3,(H,2,3,4);2*2H,1H3. The summed E-state index contributed by atoms with van der Waals surface area (Å²) in [7, 11) is -1.78. The minimum Gasteiger partial charge on any atom is -0.481 e. The Bertz CT molecular complexity index is 417. The van der Waals surface area contributed by atoms with Crippen molar-refractivity contribution < 1.29 is 42.5 Å². The number of ketones is 1. The molecule has 0 saturated carbocycles. The number of amides is 1. The van der Waals surface area contributed by atoms with E-state index in [-0.39, 0.29) is 11.7 Å². The largest absolute Gasteiger partial charge is 0.481 e. The summed E-state index contributed by atoms with van der Waals surface area (Å²) in [6, 6.07) is 1.75. The average molecular weight is 456 g/mol. The average Bonchev–Trinajstić information content (AvgIpc) is 2.39. The van der Waals surface area contributed by atoms with Gasteiger partial charge in [0, 0.05) is 32.8 Å². The second-order valence-corrected chi connectivity index (χ2v) is 4.90. The molecule has 13 nitrogen and oxygen atoms in total. The Morgan fingerprint density at radius 3 is 1.11 bits per heavy atom. The number of nitrogens with two attached hydrogens (primary N) is 1. The molecule has 0 aliphatic heterocycles. The lowest BCUT2D eigenvalue weighted by molar-refractivity contribution is -0.445. The number of nitriles is 1. The zero-order chi connectivity index (χ0) is 25.5. The molecule has 0 atom stereocenters. The highest BCUT2D eigenvalue weighted by atomic mass is 32.2. The van der Waals surface area contributed by atoms with Gasteiger partial charge in [0.2, 0.25) is 5.91 Å². The predicted molar refractivity (Wildman–Crippen MR) is 109 cm³/mol. The third-order valence-corrected chi connectivity index (χ3v) is 0. The maximum Gasteiger partial charge on any atom is 0.300 e. The van der Waals surface area contributed by atoms with Crippen LogP contribution in [0.4, 0.5) is 0 Å². The number of nitro groups is 1. The van der Waals surface area contributed by atoms with Gasteiger partial charge in [0.1, 0.15) is 5.78 Å². The fourth-order valence-electron chi connectivity index (χ4n) is 0. The summed E-state index contributed by atoms with van der Waals surface area (Å²) in [5.41, 5.74) is 4.47. The number of Topliss-reactive ketones (excluding diaryl/α,β-unsaturated/α-hetero) is 1. The van der Waals surface area contributed by atoms with E-state index in [1.54, 1.807) is 12.3 Å². The Hall–Kier alpha value is -2.28. The van der Waals surface area contributed by atoms with Crippen molar-refractivity contribution in [3.8, 4) is 6.07 Å². The normalized spacial score (nSPS) is 6.39. The second kappa shape index (κ2) is 49.8. The van der Waals surface area contributed by atoms with Crippen LogP contribution >= 0.6 is 12.6 Å². The van der Waals surface area contributed by atoms with Gasteiger partial charge >= 0.3 is 0 Å². The Kier molecular flexibility index (Phi) is 88.9. The summed E-state index contributed by atoms with van der Waals surface area (Å²) in [6.07, 6.45) is 2.41. The third kappa shape index (κ3) is 2360. The van der Waals surface area contributed by atoms with Crippen molar-refractivity contribution in [3.05, 3.63) is 10.1 Å². The van der Waals surface area contributed by atoms with Gasteiger partial charge in [-0.25, -0.2) is 0 Å². The number of aliphatic hydroxyl groups is 1. The van der Waals surface area contributed by atoms with E-state index >= 15 is 0 Å². The first kappa shape index (κ1) is 50.1. The molecular weight excluding hydrogens is 422 g/mol. The maximum absolute atomic E-state index is 9.44. The number of carboxylic acid groups (broad SMARTS) is 1. The van der Waals surface area contributed by atoms with Crippen LogP contribution in [0.25, 0.3) is 0 Å². The van der Waals surface area contributed by atoms with Crippen molar-refractivity contribution in [1.29, 1.82) is 5.26 Å². The fraction of sp³-hybridized carbons (Fsp3) is 0.692. The summed E-state index contributed by atoms with van der Waals surface area (Å²) in [6.45, 7) is 6.87. The molecule has 0 bridgehead atoms. The number of aliphatic hydroxyl groups excluding tert-OH is 1. The van der Waals surface area contributed by atoms with Crippen LogP contribution in [0, 0.1) is 21.4 Å². The van der Waals surface area contributed by atoms with Gasteiger partial charge in [0.25, 0.3) is 16.1 Å². The van der Waals surface area contributed by atoms with Crippen LogP contribution in [0.15, 0.2) is 0 Å². The lowest BCUT2D eigenvalue weighted by atomic mass is 10.6. The van der Waals surface area contributed by atoms with E-state index < -0.39 is 21.0 Å². The molecule has 0 aromatic rings. The van der Waals surface area contributed by atoms with Crippen molar-refractivity contribution in [2.45, 2.75) is 34.6 Å². The van der Waals surface area contributed by atoms with Gasteiger partial charge < -0.3 is 20.7 Å². The van der Waals surface area contributed by atoms with Gasteiger partial charge in [-0.05, 0) is 20.1 Å². The molecule has 0 unspecified atom stereocenters. The van der Waals surface area contributed by atoms with E-state index in [9.17, 15) is 18.0 Å². The van der Waals surface area contributed by atoms with E-state index in [2.05, 4.69) is 18.4 Å². The van der Waals surface area contributed by atoms with Crippen LogP contribution in [0.2, 0.25) is 0 Å². The minimum absolute atomic E-state index is 0.167. The first-order valence-corrected chi connectivity index (χ1v) is 9.22. The van der Waals surface area contributed by atoms with Crippen LogP contribution in [0.3, 0.4) is 0 Å². The van der Waals surface area contributed by atoms with Gasteiger partial charge in [-0.3, -0.25) is 24.3 Å². The van der Waals surface area contributed by atoms with Gasteiger partial charge in [0.15, 0.2) is 7.05 Å². The Morgan fingerprint density at radius 1 is 1.11 bits per heavy atom. The number of carbonyl (C=O) groups excluding carboxylic acids is 2. The molecule has 0 aliphatic carbocycles. The highest BCUT2D eigenvalue weighted by Gasteiger charge is 1.81. The predicted octanol–water partition coefficient (Wildman–Crippen LogP) is 0.259. The topological polar surface area (TPSA) is 239 Å². The van der Waals surface area contributed by atoms with E-state index in [0.717, 1.165) is 21.1 Å². The van der Waals surface area contributed by atoms with Crippen LogP contribution in [-0.4, -0.2) is 72.4 Å². The quantitative estimate of drug-likeness (QED) is 0.143. The lowest BCUT2D eigenvalue weighted by Crippen LogP contribution is -2.01. The van der Waals surface area contributed by atoms with Crippen LogP contribution < -0.4 is 5.73 Å². The molecular formula is C13H33N3O10S2. The number of thiol groups is 1. The first-order chi connectivity index (χ1) is 12.3. The van der Waals surface area contributed by atoms with E-state index in [1.165, 1.54) is 27.7 Å². The van der Waals surface area contributed by atoms with Crippen LogP contribution in [0.1, 0.15) is 34.6 Å². The smallest absolute Gasteiger partial charge is 0.300 e. The molecule has 0 rings (SSSR count). The van der Waals surface area contributed by atoms with Crippen molar-refractivity contribution in [2.24, 2.45) is 5.73 Å². The number of primary amides is 1. The number of hydrogen-bond donors (Lipinski definition) is 5. The molecule has 0 heterocycles. The molecule has 0 aliphatic rings. The minimum atomic E-state index is -3.67. The number of hydrogen-bond acceptors (Lipinski definition) is 10. The molecule has 0 aromatic carbocycles. The van der Waals surface area contributed by atoms with Gasteiger partial charge in [0.05, 0.1) is 12.3 Å². The number of carbonyl (C=O) groups is 3. The number of rotatable bonds is 0. The number of nitrogens with zero attached hydrogens (tertiary/aromatic N) is 2. The third-order valence-electron chi connectivity index (χ3n) is 0. The summed E-state index contributed by atoms with van der Waals surface area (Å²) >= 11 is 3.53. The molecule has 5 N–H and O–H groups in total. The van der Waals surface area contributed by atoms with Gasteiger partial charge in [-0.15, -0.1) is 0 Å². The molecule has 0 aromatic heterocycles. The van der Waals surface area contributed by atoms with Crippen molar-refractivity contribution in [3.63, 3.8) is 0 Å². The molecule has 0 radical (unpaired) electrons. The molecule has 0 spiro atoms. The van der Waals surface area contributed by atoms with E-state index in [4.69, 9.17) is 34.9 Å². The van der Waals surface area contributed by atoms with E-state index in [1.807, 2.05) is 0 Å². The Balaban J connectivity index is -0.0000000277. The lowest BCUT2D eigenvalue weighted by Gasteiger charge is -1.69. The van der Waals surface area contributed by atoms with Crippen LogP contribution in [0.5, 0.6) is 0 Å². The van der Waals surface area contributed by atoms with Crippen molar-refractivity contribution >= 4 is 40.4 Å². The molecule has 0 saturated heterocycles. The first-order valence-electron chi connectivity index (χ1n) is 6.48. The monoisotopic (exact) mass is 455 g/mol. The summed E-state index contributed by atoms with van der Waals surface area (Å²) in [5, 5.41) is 30.5. The van der Waals surface area contributed by atoms with E-state index in [0.29, 0.717) is 6.26 Å². The maximum atomic E-state index is 9.44. The summed E-state index contributed by atoms with van der Waals surface area (Å²) in [4.78, 5) is 36.0. The summed E-state index contributed by atoms with van der Waals surface area (Å²) in [5.74, 6) is -1.000. The number of carboxylic acids is 1. The molecule has 1 amide bonds. The van der Waals surface area contributed by atoms with Crippen LogP contribution in [-0.2, 0) is 24.5 Å². The summed E-state index contributed by atoms with van der Waals surface area (Å²) < 4.78 is 25.9. The zero-order valence-electron chi connectivity index (χ0n) is 17.5. The van der Waals surface area contributed by atoms with Gasteiger partial charge in [-0.1, -0.05) is 0 Å². The van der Waals surface area contributed by atoms with Crippen molar-refractivity contribution in [1.82, 2.24) is 0 Å². The highest BCUT2D eigenvalue weighted by Crippen LogP contribution is 1.60. The molecule has 15 heteroatoms. The molecule has 28 heavy (non-hydrogen) atoms. The molecule has 0 fully saturated rings. The zero-order valence-corrected chi connectivity index (χ0v) is 19.2. The van der Waals surface area contributed by atoms with Gasteiger partial charge in [-0.2, -0.15) is 26.3 Å². The highest BCUT2D eigenvalue weighted by molar-refractivity contribution is 7.85. The Morgan fingerprint density at radius 2 is 1.11 bits per heavy atom. The second-order valence-electron chi connectivity index (χ2n) is 3.43. The molecule has 172 valence electrons.